The van der Waals surface area contributed by atoms with Gasteiger partial charge in [-0.3, -0.25) is 4.72 Å². The number of nitrogens with zero attached hydrogens (tertiary/aromatic N) is 5. The van der Waals surface area contributed by atoms with E-state index in [-0.39, 0.29) is 23.7 Å². The minimum Gasteiger partial charge on any atom is -0.444 e. The van der Waals surface area contributed by atoms with Crippen LogP contribution >= 0.6 is 0 Å². The lowest BCUT2D eigenvalue weighted by Gasteiger charge is -2.34. The maximum atomic E-state index is 15.2. The molecule has 2 aromatic heterocycles. The average Bonchev–Trinajstić information content (AvgIpc) is 3.60. The molecule has 0 radical (unpaired) electrons. The number of nitrogens with one attached hydrogen (secondary N) is 2. The molecule has 48 heavy (non-hydrogen) atoms. The van der Waals surface area contributed by atoms with Gasteiger partial charge in [-0.05, 0) is 89.3 Å². The number of ether oxygens (including phenoxy) is 2. The lowest BCUT2D eigenvalue weighted by atomic mass is 10.0. The van der Waals surface area contributed by atoms with Crippen molar-refractivity contribution in [3.8, 4) is 22.9 Å². The summed E-state index contributed by atoms with van der Waals surface area (Å²) in [6.45, 7) is 9.26. The highest BCUT2D eigenvalue weighted by molar-refractivity contribution is 7.90. The molecule has 0 spiro atoms. The number of carbonyl (C=O) groups is 1. The summed E-state index contributed by atoms with van der Waals surface area (Å²) in [5.74, 6) is 0.373. The van der Waals surface area contributed by atoms with E-state index in [0.717, 1.165) is 31.2 Å². The number of carbonyl (C=O) groups excluding carboxylic acids is 1. The predicted octanol–water partition coefficient (Wildman–Crippen LogP) is 6.50. The van der Waals surface area contributed by atoms with E-state index in [1.165, 1.54) is 10.4 Å². The Labute approximate surface area is 279 Å². The van der Waals surface area contributed by atoms with Crippen molar-refractivity contribution in [3.05, 3.63) is 66.2 Å². The standard InChI is InChI=1S/C34H40FN7O5S/c1-22-11-12-24-25(13-14-27(35)29(24)40-48(44,45)42-19-5-6-20-42)30(22)46-31-26(10-7-16-36-31)28-15-17-37-32(39-28)38-23-9-8-18-41(21-23)33(43)47-34(2,3)4/h7,10-17,23,40H,5-6,8-9,18-21H2,1-4H3,(H,37,38,39)/t23-/m0/s1. The van der Waals surface area contributed by atoms with Gasteiger partial charge in [0, 0.05) is 55.4 Å². The van der Waals surface area contributed by atoms with E-state index in [4.69, 9.17) is 14.5 Å². The van der Waals surface area contributed by atoms with Gasteiger partial charge in [0.25, 0.3) is 0 Å². The number of rotatable bonds is 8. The summed E-state index contributed by atoms with van der Waals surface area (Å²) in [5, 5.41) is 4.24. The van der Waals surface area contributed by atoms with Crippen molar-refractivity contribution in [2.45, 2.75) is 65.0 Å². The molecule has 0 unspecified atom stereocenters. The minimum atomic E-state index is -3.94. The number of piperidine rings is 1. The molecule has 0 aliphatic carbocycles. The Balaban J connectivity index is 1.26. The average molecular weight is 678 g/mol. The number of amides is 1. The van der Waals surface area contributed by atoms with Crippen molar-refractivity contribution >= 4 is 38.7 Å². The van der Waals surface area contributed by atoms with Crippen LogP contribution in [0.1, 0.15) is 52.0 Å². The van der Waals surface area contributed by atoms with Crippen molar-refractivity contribution in [2.75, 3.05) is 36.2 Å². The van der Waals surface area contributed by atoms with Crippen LogP contribution in [0.15, 0.2) is 54.9 Å². The fourth-order valence-electron chi connectivity index (χ4n) is 5.93. The molecule has 1 amide bonds. The van der Waals surface area contributed by atoms with Crippen molar-refractivity contribution in [2.24, 2.45) is 0 Å². The van der Waals surface area contributed by atoms with Crippen LogP contribution in [0.5, 0.6) is 11.6 Å². The van der Waals surface area contributed by atoms with E-state index < -0.39 is 21.6 Å². The number of fused-ring (bicyclic) bond motifs is 1. The van der Waals surface area contributed by atoms with Gasteiger partial charge in [0.1, 0.15) is 17.2 Å². The molecule has 4 aromatic rings. The molecule has 6 rings (SSSR count). The van der Waals surface area contributed by atoms with Crippen LogP contribution in [-0.2, 0) is 14.9 Å². The molecule has 2 aliphatic heterocycles. The van der Waals surface area contributed by atoms with Crippen LogP contribution in [0, 0.1) is 12.7 Å². The van der Waals surface area contributed by atoms with E-state index in [1.807, 2.05) is 33.8 Å². The highest BCUT2D eigenvalue weighted by atomic mass is 32.2. The molecule has 0 saturated carbocycles. The minimum absolute atomic E-state index is 0.0676. The first-order valence-corrected chi connectivity index (χ1v) is 17.5. The number of hydrogen-bond donors (Lipinski definition) is 2. The second kappa shape index (κ2) is 13.5. The zero-order valence-electron chi connectivity index (χ0n) is 27.5. The second-order valence-electron chi connectivity index (χ2n) is 13.1. The third-order valence-corrected chi connectivity index (χ3v) is 9.75. The first kappa shape index (κ1) is 33.3. The third kappa shape index (κ3) is 7.44. The van der Waals surface area contributed by atoms with Gasteiger partial charge >= 0.3 is 16.3 Å². The summed E-state index contributed by atoms with van der Waals surface area (Å²) in [6, 6.07) is 11.5. The summed E-state index contributed by atoms with van der Waals surface area (Å²) >= 11 is 0. The Hall–Kier alpha value is -4.56. The summed E-state index contributed by atoms with van der Waals surface area (Å²) in [4.78, 5) is 28.0. The molecule has 2 aromatic carbocycles. The molecular weight excluding hydrogens is 637 g/mol. The molecule has 0 bridgehead atoms. The Bertz CT molecular complexity index is 1930. The number of aryl methyl sites for hydroxylation is 1. The zero-order valence-corrected chi connectivity index (χ0v) is 28.3. The lowest BCUT2D eigenvalue weighted by Crippen LogP contribution is -2.47. The molecule has 2 fully saturated rings. The highest BCUT2D eigenvalue weighted by Crippen LogP contribution is 2.40. The van der Waals surface area contributed by atoms with Crippen molar-refractivity contribution in [3.63, 3.8) is 0 Å². The van der Waals surface area contributed by atoms with Crippen LogP contribution in [0.4, 0.5) is 20.8 Å². The van der Waals surface area contributed by atoms with E-state index in [0.29, 0.717) is 59.9 Å². The summed E-state index contributed by atoms with van der Waals surface area (Å²) in [5.41, 5.74) is 1.18. The van der Waals surface area contributed by atoms with E-state index in [2.05, 4.69) is 20.0 Å². The van der Waals surface area contributed by atoms with Crippen molar-refractivity contribution in [1.82, 2.24) is 24.2 Å². The van der Waals surface area contributed by atoms with Gasteiger partial charge in [-0.15, -0.1) is 0 Å². The molecule has 4 heterocycles. The topological polar surface area (TPSA) is 139 Å². The monoisotopic (exact) mass is 677 g/mol. The van der Waals surface area contributed by atoms with Gasteiger partial charge in [0.05, 0.1) is 16.9 Å². The summed E-state index contributed by atoms with van der Waals surface area (Å²) in [7, 11) is -3.94. The number of aromatic nitrogens is 3. The van der Waals surface area contributed by atoms with Crippen LogP contribution in [0.25, 0.3) is 22.0 Å². The van der Waals surface area contributed by atoms with Crippen LogP contribution < -0.4 is 14.8 Å². The molecule has 1 atom stereocenters. The SMILES string of the molecule is Cc1ccc2c(NS(=O)(=O)N3CCCC3)c(F)ccc2c1Oc1ncccc1-c1ccnc(N[C@H]2CCCN(C(=O)OC(C)(C)C)C2)n1. The largest absolute Gasteiger partial charge is 0.444 e. The van der Waals surface area contributed by atoms with Crippen LogP contribution in [0.3, 0.4) is 0 Å². The summed E-state index contributed by atoms with van der Waals surface area (Å²) in [6.07, 6.45) is 6.07. The smallest absolute Gasteiger partial charge is 0.410 e. The maximum Gasteiger partial charge on any atom is 0.410 e. The highest BCUT2D eigenvalue weighted by Gasteiger charge is 2.29. The van der Waals surface area contributed by atoms with Gasteiger partial charge < -0.3 is 19.7 Å². The number of anilines is 2. The third-order valence-electron chi connectivity index (χ3n) is 8.24. The fraction of sp³-hybridized carbons (Fsp3) is 0.412. The van der Waals surface area contributed by atoms with Crippen LogP contribution in [0.2, 0.25) is 0 Å². The van der Waals surface area contributed by atoms with Gasteiger partial charge in [-0.1, -0.05) is 12.1 Å². The van der Waals surface area contributed by atoms with Gasteiger partial charge in [-0.2, -0.15) is 12.7 Å². The van der Waals surface area contributed by atoms with E-state index >= 15 is 4.39 Å². The molecule has 12 nitrogen and oxygen atoms in total. The number of benzene rings is 2. The quantitative estimate of drug-likeness (QED) is 0.214. The first-order valence-electron chi connectivity index (χ1n) is 16.1. The molecule has 254 valence electrons. The molecule has 2 N–H and O–H groups in total. The van der Waals surface area contributed by atoms with Crippen LogP contribution in [-0.4, -0.2) is 76.5 Å². The number of hydrogen-bond acceptors (Lipinski definition) is 9. The van der Waals surface area contributed by atoms with Crippen molar-refractivity contribution in [1.29, 1.82) is 0 Å². The fourth-order valence-corrected chi connectivity index (χ4v) is 7.27. The van der Waals surface area contributed by atoms with Gasteiger partial charge in [-0.25, -0.2) is 24.1 Å². The molecule has 2 saturated heterocycles. The Kier molecular flexibility index (Phi) is 9.39. The number of likely N-dealkylation sites (tertiary alicyclic amines) is 1. The van der Waals surface area contributed by atoms with Gasteiger partial charge in [0.2, 0.25) is 11.8 Å². The maximum absolute atomic E-state index is 15.2. The summed E-state index contributed by atoms with van der Waals surface area (Å²) < 4.78 is 57.1. The van der Waals surface area contributed by atoms with Gasteiger partial charge in [0.15, 0.2) is 0 Å². The Morgan fingerprint density at radius 1 is 0.979 bits per heavy atom. The Morgan fingerprint density at radius 3 is 2.52 bits per heavy atom. The second-order valence-corrected chi connectivity index (χ2v) is 14.7. The van der Waals surface area contributed by atoms with Crippen molar-refractivity contribution < 1.29 is 27.1 Å². The lowest BCUT2D eigenvalue weighted by molar-refractivity contribution is 0.0206. The zero-order chi connectivity index (χ0) is 34.1. The molecule has 2 aliphatic rings. The molecular formula is C34H40FN7O5S. The van der Waals surface area contributed by atoms with E-state index in [9.17, 15) is 13.2 Å². The predicted molar refractivity (Wildman–Crippen MR) is 182 cm³/mol. The van der Waals surface area contributed by atoms with E-state index in [1.54, 1.807) is 47.6 Å². The molecule has 14 heteroatoms. The number of pyridine rings is 1. The Morgan fingerprint density at radius 2 is 1.75 bits per heavy atom. The number of halogens is 1. The normalized spacial score (nSPS) is 17.4. The first-order chi connectivity index (χ1) is 22.9.